The lowest BCUT2D eigenvalue weighted by molar-refractivity contribution is -0.117. The van der Waals surface area contributed by atoms with Crippen LogP contribution in [-0.2, 0) is 4.79 Å². The van der Waals surface area contributed by atoms with E-state index in [1.54, 1.807) is 18.2 Å². The summed E-state index contributed by atoms with van der Waals surface area (Å²) in [5.74, 6) is -0.439. The van der Waals surface area contributed by atoms with Crippen LogP contribution >= 0.6 is 0 Å². The second-order valence-electron chi connectivity index (χ2n) is 4.67. The normalized spacial score (nSPS) is 12.2. The maximum atomic E-state index is 11.8. The molecular weight excluding hydrogens is 230 g/mol. The topological polar surface area (TPSA) is 98.2 Å². The van der Waals surface area contributed by atoms with Crippen LogP contribution in [-0.4, -0.2) is 17.9 Å². The van der Waals surface area contributed by atoms with Gasteiger partial charge >= 0.3 is 0 Å². The Bertz CT molecular complexity index is 444. The monoisotopic (exact) mass is 249 g/mol. The number of benzene rings is 1. The van der Waals surface area contributed by atoms with Gasteiger partial charge in [-0.3, -0.25) is 9.59 Å². The highest BCUT2D eigenvalue weighted by atomic mass is 16.2. The van der Waals surface area contributed by atoms with Crippen LogP contribution in [0, 0.1) is 5.92 Å². The molecule has 2 amide bonds. The molecule has 5 nitrogen and oxygen atoms in total. The highest BCUT2D eigenvalue weighted by molar-refractivity contribution is 5.97. The van der Waals surface area contributed by atoms with E-state index in [2.05, 4.69) is 5.32 Å². The molecule has 1 rings (SSSR count). The molecule has 0 fully saturated rings. The van der Waals surface area contributed by atoms with Gasteiger partial charge in [0.15, 0.2) is 0 Å². The largest absolute Gasteiger partial charge is 0.366 e. The van der Waals surface area contributed by atoms with E-state index in [4.69, 9.17) is 11.5 Å². The molecular formula is C13H19N3O2. The summed E-state index contributed by atoms with van der Waals surface area (Å²) in [4.78, 5) is 22.8. The number of carbonyl (C=O) groups excluding carboxylic acids is 2. The van der Waals surface area contributed by atoms with Crippen LogP contribution in [0.5, 0.6) is 0 Å². The fraction of sp³-hybridized carbons (Fsp3) is 0.385. The van der Waals surface area contributed by atoms with Gasteiger partial charge in [-0.15, -0.1) is 0 Å². The third kappa shape index (κ3) is 4.18. The minimum atomic E-state index is -0.553. The predicted molar refractivity (Wildman–Crippen MR) is 71.0 cm³/mol. The summed E-state index contributed by atoms with van der Waals surface area (Å²) in [5, 5.41) is 2.67. The number of carbonyl (C=O) groups is 2. The van der Waals surface area contributed by atoms with Crippen molar-refractivity contribution >= 4 is 17.5 Å². The van der Waals surface area contributed by atoms with E-state index >= 15 is 0 Å². The maximum Gasteiger partial charge on any atom is 0.248 e. The van der Waals surface area contributed by atoms with Crippen molar-refractivity contribution in [2.24, 2.45) is 17.4 Å². The zero-order valence-electron chi connectivity index (χ0n) is 10.6. The molecule has 5 N–H and O–H groups in total. The van der Waals surface area contributed by atoms with Gasteiger partial charge in [-0.1, -0.05) is 19.9 Å². The van der Waals surface area contributed by atoms with E-state index in [1.807, 2.05) is 13.8 Å². The Kier molecular flexibility index (Phi) is 4.85. The van der Waals surface area contributed by atoms with Crippen molar-refractivity contribution in [2.75, 3.05) is 5.32 Å². The molecule has 18 heavy (non-hydrogen) atoms. The van der Waals surface area contributed by atoms with Crippen molar-refractivity contribution in [2.45, 2.75) is 26.3 Å². The Balaban J connectivity index is 2.70. The first-order valence-electron chi connectivity index (χ1n) is 5.86. The number of anilines is 1. The van der Waals surface area contributed by atoms with Gasteiger partial charge in [-0.2, -0.15) is 0 Å². The summed E-state index contributed by atoms with van der Waals surface area (Å²) in [5.41, 5.74) is 11.8. The van der Waals surface area contributed by atoms with Gasteiger partial charge in [0, 0.05) is 11.3 Å². The lowest BCUT2D eigenvalue weighted by atomic mass is 10.0. The van der Waals surface area contributed by atoms with E-state index < -0.39 is 11.9 Å². The Morgan fingerprint density at radius 3 is 2.56 bits per heavy atom. The van der Waals surface area contributed by atoms with Crippen LogP contribution in [0.25, 0.3) is 0 Å². The number of nitrogens with one attached hydrogen (secondary N) is 1. The molecule has 0 heterocycles. The molecule has 5 heteroatoms. The molecule has 0 radical (unpaired) electrons. The quantitative estimate of drug-likeness (QED) is 0.728. The third-order valence-corrected chi connectivity index (χ3v) is 2.48. The number of hydrogen-bond acceptors (Lipinski definition) is 3. The first-order chi connectivity index (χ1) is 8.40. The van der Waals surface area contributed by atoms with E-state index in [9.17, 15) is 9.59 Å². The average molecular weight is 249 g/mol. The Morgan fingerprint density at radius 1 is 1.33 bits per heavy atom. The minimum Gasteiger partial charge on any atom is -0.366 e. The zero-order chi connectivity index (χ0) is 13.7. The van der Waals surface area contributed by atoms with Gasteiger partial charge in [0.05, 0.1) is 6.04 Å². The van der Waals surface area contributed by atoms with E-state index in [1.165, 1.54) is 6.07 Å². The van der Waals surface area contributed by atoms with Gasteiger partial charge in [0.25, 0.3) is 0 Å². The summed E-state index contributed by atoms with van der Waals surface area (Å²) in [6, 6.07) is 5.91. The Morgan fingerprint density at radius 2 is 2.00 bits per heavy atom. The number of rotatable bonds is 5. The molecule has 1 aromatic rings. The standard InChI is InChI=1S/C13H19N3O2/c1-8(2)6-11(14)13(18)16-10-5-3-4-9(7-10)12(15)17/h3-5,7-8,11H,6,14H2,1-2H3,(H2,15,17)(H,16,18). The van der Waals surface area contributed by atoms with Crippen molar-refractivity contribution in [1.82, 2.24) is 0 Å². The van der Waals surface area contributed by atoms with Gasteiger partial charge in [-0.25, -0.2) is 0 Å². The fourth-order valence-electron chi connectivity index (χ4n) is 1.60. The second-order valence-corrected chi connectivity index (χ2v) is 4.67. The summed E-state index contributed by atoms with van der Waals surface area (Å²) in [6.07, 6.45) is 0.612. The molecule has 0 aromatic heterocycles. The van der Waals surface area contributed by atoms with Gasteiger partial charge in [-0.05, 0) is 30.5 Å². The molecule has 98 valence electrons. The molecule has 1 atom stereocenters. The van der Waals surface area contributed by atoms with Crippen molar-refractivity contribution in [3.63, 3.8) is 0 Å². The van der Waals surface area contributed by atoms with Crippen molar-refractivity contribution < 1.29 is 9.59 Å². The van der Waals surface area contributed by atoms with Crippen LogP contribution in [0.3, 0.4) is 0 Å². The smallest absolute Gasteiger partial charge is 0.248 e. The van der Waals surface area contributed by atoms with Crippen LogP contribution in [0.2, 0.25) is 0 Å². The number of primary amides is 1. The molecule has 0 aliphatic rings. The molecule has 1 unspecified atom stereocenters. The first kappa shape index (κ1) is 14.2. The highest BCUT2D eigenvalue weighted by Crippen LogP contribution is 2.11. The van der Waals surface area contributed by atoms with Crippen LogP contribution in [0.15, 0.2) is 24.3 Å². The summed E-state index contributed by atoms with van der Waals surface area (Å²) in [7, 11) is 0. The van der Waals surface area contributed by atoms with Gasteiger partial charge < -0.3 is 16.8 Å². The molecule has 0 saturated heterocycles. The van der Waals surface area contributed by atoms with Crippen LogP contribution in [0.4, 0.5) is 5.69 Å². The Hall–Kier alpha value is -1.88. The fourth-order valence-corrected chi connectivity index (χ4v) is 1.60. The Labute approximate surface area is 107 Å². The molecule has 0 bridgehead atoms. The zero-order valence-corrected chi connectivity index (χ0v) is 10.6. The SMILES string of the molecule is CC(C)CC(N)C(=O)Nc1cccc(C(N)=O)c1. The second kappa shape index (κ2) is 6.16. The van der Waals surface area contributed by atoms with Gasteiger partial charge in [0.2, 0.25) is 11.8 Å². The maximum absolute atomic E-state index is 11.8. The average Bonchev–Trinajstić information content (AvgIpc) is 2.28. The van der Waals surface area contributed by atoms with Crippen LogP contribution in [0.1, 0.15) is 30.6 Å². The summed E-state index contributed by atoms with van der Waals surface area (Å²) >= 11 is 0. The van der Waals surface area contributed by atoms with E-state index in [-0.39, 0.29) is 5.91 Å². The van der Waals surface area contributed by atoms with Crippen molar-refractivity contribution in [3.05, 3.63) is 29.8 Å². The lowest BCUT2D eigenvalue weighted by Gasteiger charge is -2.14. The predicted octanol–water partition coefficient (Wildman–Crippen LogP) is 1.10. The number of hydrogen-bond donors (Lipinski definition) is 3. The lowest BCUT2D eigenvalue weighted by Crippen LogP contribution is -2.36. The molecule has 0 aliphatic carbocycles. The highest BCUT2D eigenvalue weighted by Gasteiger charge is 2.15. The minimum absolute atomic E-state index is 0.259. The van der Waals surface area contributed by atoms with E-state index in [0.717, 1.165) is 0 Å². The molecule has 0 saturated carbocycles. The van der Waals surface area contributed by atoms with Crippen LogP contribution < -0.4 is 16.8 Å². The molecule has 1 aromatic carbocycles. The van der Waals surface area contributed by atoms with Crippen molar-refractivity contribution in [3.8, 4) is 0 Å². The number of nitrogens with two attached hydrogens (primary N) is 2. The van der Waals surface area contributed by atoms with E-state index in [0.29, 0.717) is 23.6 Å². The van der Waals surface area contributed by atoms with Crippen molar-refractivity contribution in [1.29, 1.82) is 0 Å². The summed E-state index contributed by atoms with van der Waals surface area (Å²) in [6.45, 7) is 4.00. The third-order valence-electron chi connectivity index (χ3n) is 2.48. The molecule has 0 aliphatic heterocycles. The molecule has 0 spiro atoms. The summed E-state index contributed by atoms with van der Waals surface area (Å²) < 4.78 is 0. The number of amides is 2. The first-order valence-corrected chi connectivity index (χ1v) is 5.86. The van der Waals surface area contributed by atoms with Gasteiger partial charge in [0.1, 0.15) is 0 Å².